The number of hydrogen-bond donors (Lipinski definition) is 2. The Labute approximate surface area is 125 Å². The summed E-state index contributed by atoms with van der Waals surface area (Å²) in [5.41, 5.74) is 2.36. The number of aliphatic carboxylic acids is 1. The number of carboxylic acids is 1. The highest BCUT2D eigenvalue weighted by Gasteiger charge is 2.31. The number of carbonyl (C=O) groups is 1. The molecule has 0 amide bonds. The maximum atomic E-state index is 11.4. The number of aryl methyl sites for hydroxylation is 1. The van der Waals surface area contributed by atoms with Gasteiger partial charge in [0.2, 0.25) is 0 Å². The van der Waals surface area contributed by atoms with E-state index in [0.29, 0.717) is 0 Å². The Balaban J connectivity index is 1.82. The van der Waals surface area contributed by atoms with Crippen molar-refractivity contribution in [2.45, 2.75) is 63.8 Å². The molecule has 2 aliphatic rings. The summed E-state index contributed by atoms with van der Waals surface area (Å²) in [4.78, 5) is 20.3. The van der Waals surface area contributed by atoms with Crippen LogP contribution in [0.1, 0.15) is 56.2 Å². The fourth-order valence-electron chi connectivity index (χ4n) is 3.60. The minimum Gasteiger partial charge on any atom is -0.481 e. The molecule has 0 aliphatic heterocycles. The number of rotatable bonds is 3. The average molecular weight is 289 g/mol. The van der Waals surface area contributed by atoms with Crippen LogP contribution in [0.25, 0.3) is 0 Å². The summed E-state index contributed by atoms with van der Waals surface area (Å²) < 4.78 is 0. The zero-order valence-electron chi connectivity index (χ0n) is 12.3. The summed E-state index contributed by atoms with van der Waals surface area (Å²) in [7, 11) is 0. The van der Waals surface area contributed by atoms with E-state index in [0.717, 1.165) is 50.0 Å². The second-order valence-corrected chi connectivity index (χ2v) is 6.19. The molecule has 3 rings (SSSR count). The molecule has 0 radical (unpaired) electrons. The third-order valence-electron chi connectivity index (χ3n) is 4.78. The van der Waals surface area contributed by atoms with Crippen LogP contribution in [0.3, 0.4) is 0 Å². The average Bonchev–Trinajstić information content (AvgIpc) is 2.74. The minimum atomic E-state index is -0.688. The molecule has 2 unspecified atom stereocenters. The molecule has 0 aromatic carbocycles. The first-order valence-electron chi connectivity index (χ1n) is 8.08. The van der Waals surface area contributed by atoms with Crippen LogP contribution in [0.2, 0.25) is 0 Å². The van der Waals surface area contributed by atoms with Gasteiger partial charge >= 0.3 is 5.97 Å². The van der Waals surface area contributed by atoms with Crippen LogP contribution in [0, 0.1) is 5.92 Å². The first-order valence-corrected chi connectivity index (χ1v) is 8.08. The van der Waals surface area contributed by atoms with Crippen LogP contribution >= 0.6 is 0 Å². The standard InChI is InChI=1S/C16H23N3O2/c20-16(21)12-7-4-5-9-14(12)19-15-11-6-2-1-3-8-13(11)17-10-18-15/h10,12,14H,1-9H2,(H,20,21)(H,17,18,19). The molecule has 1 fully saturated rings. The van der Waals surface area contributed by atoms with Crippen LogP contribution in [-0.2, 0) is 17.6 Å². The van der Waals surface area contributed by atoms with Crippen molar-refractivity contribution in [2.75, 3.05) is 5.32 Å². The Hall–Kier alpha value is -1.65. The fourth-order valence-corrected chi connectivity index (χ4v) is 3.60. The molecule has 0 spiro atoms. The highest BCUT2D eigenvalue weighted by atomic mass is 16.4. The van der Waals surface area contributed by atoms with Gasteiger partial charge in [0, 0.05) is 17.3 Å². The second kappa shape index (κ2) is 6.41. The summed E-state index contributed by atoms with van der Waals surface area (Å²) in [6.07, 6.45) is 11.0. The van der Waals surface area contributed by atoms with E-state index in [-0.39, 0.29) is 12.0 Å². The van der Waals surface area contributed by atoms with E-state index in [2.05, 4.69) is 15.3 Å². The van der Waals surface area contributed by atoms with Gasteiger partial charge in [-0.25, -0.2) is 9.97 Å². The molecule has 21 heavy (non-hydrogen) atoms. The molecular weight excluding hydrogens is 266 g/mol. The number of carboxylic acid groups (broad SMARTS) is 1. The molecule has 1 saturated carbocycles. The fraction of sp³-hybridized carbons (Fsp3) is 0.688. The summed E-state index contributed by atoms with van der Waals surface area (Å²) in [5, 5.41) is 12.8. The third kappa shape index (κ3) is 3.17. The summed E-state index contributed by atoms with van der Waals surface area (Å²) in [6.45, 7) is 0. The van der Waals surface area contributed by atoms with Crippen molar-refractivity contribution in [3.63, 3.8) is 0 Å². The Kier molecular flexibility index (Phi) is 4.36. The van der Waals surface area contributed by atoms with Gasteiger partial charge in [-0.05, 0) is 38.5 Å². The molecule has 1 aromatic heterocycles. The number of aromatic nitrogens is 2. The van der Waals surface area contributed by atoms with Crippen LogP contribution < -0.4 is 5.32 Å². The van der Waals surface area contributed by atoms with Gasteiger partial charge in [-0.15, -0.1) is 0 Å². The van der Waals surface area contributed by atoms with Gasteiger partial charge in [0.15, 0.2) is 0 Å². The maximum absolute atomic E-state index is 11.4. The largest absolute Gasteiger partial charge is 0.481 e. The Morgan fingerprint density at radius 3 is 2.76 bits per heavy atom. The van der Waals surface area contributed by atoms with E-state index in [4.69, 9.17) is 0 Å². The van der Waals surface area contributed by atoms with Crippen molar-refractivity contribution in [3.05, 3.63) is 17.6 Å². The predicted octanol–water partition coefficient (Wildman–Crippen LogP) is 2.80. The monoisotopic (exact) mass is 289 g/mol. The zero-order chi connectivity index (χ0) is 14.7. The van der Waals surface area contributed by atoms with Crippen molar-refractivity contribution in [1.29, 1.82) is 0 Å². The van der Waals surface area contributed by atoms with Crippen molar-refractivity contribution in [3.8, 4) is 0 Å². The molecule has 0 saturated heterocycles. The first-order chi connectivity index (χ1) is 10.3. The summed E-state index contributed by atoms with van der Waals surface area (Å²) in [6, 6.07) is -0.00139. The highest BCUT2D eigenvalue weighted by molar-refractivity contribution is 5.71. The smallest absolute Gasteiger partial charge is 0.308 e. The van der Waals surface area contributed by atoms with Gasteiger partial charge < -0.3 is 10.4 Å². The van der Waals surface area contributed by atoms with E-state index in [1.807, 2.05) is 0 Å². The van der Waals surface area contributed by atoms with E-state index in [1.165, 1.54) is 24.8 Å². The number of fused-ring (bicyclic) bond motifs is 1. The Morgan fingerprint density at radius 2 is 1.90 bits per heavy atom. The van der Waals surface area contributed by atoms with Gasteiger partial charge in [-0.3, -0.25) is 4.79 Å². The third-order valence-corrected chi connectivity index (χ3v) is 4.78. The lowest BCUT2D eigenvalue weighted by atomic mass is 9.84. The van der Waals surface area contributed by atoms with Crippen LogP contribution in [0.4, 0.5) is 5.82 Å². The number of anilines is 1. The lowest BCUT2D eigenvalue weighted by Gasteiger charge is -2.30. The van der Waals surface area contributed by atoms with Crippen LogP contribution in [0.5, 0.6) is 0 Å². The van der Waals surface area contributed by atoms with Crippen LogP contribution in [0.15, 0.2) is 6.33 Å². The van der Waals surface area contributed by atoms with Gasteiger partial charge in [0.25, 0.3) is 0 Å². The zero-order valence-corrected chi connectivity index (χ0v) is 12.3. The molecule has 2 atom stereocenters. The highest BCUT2D eigenvalue weighted by Crippen LogP contribution is 2.30. The molecule has 2 aliphatic carbocycles. The molecule has 5 heteroatoms. The van der Waals surface area contributed by atoms with E-state index >= 15 is 0 Å². The van der Waals surface area contributed by atoms with Crippen LogP contribution in [-0.4, -0.2) is 27.1 Å². The number of hydrogen-bond acceptors (Lipinski definition) is 4. The lowest BCUT2D eigenvalue weighted by molar-refractivity contribution is -0.143. The van der Waals surface area contributed by atoms with Crippen molar-refractivity contribution < 1.29 is 9.90 Å². The van der Waals surface area contributed by atoms with Crippen molar-refractivity contribution >= 4 is 11.8 Å². The Morgan fingerprint density at radius 1 is 1.10 bits per heavy atom. The molecule has 2 N–H and O–H groups in total. The molecule has 0 bridgehead atoms. The molecule has 1 heterocycles. The van der Waals surface area contributed by atoms with Crippen molar-refractivity contribution in [1.82, 2.24) is 9.97 Å². The molecule has 1 aromatic rings. The van der Waals surface area contributed by atoms with Gasteiger partial charge in [0.05, 0.1) is 5.92 Å². The van der Waals surface area contributed by atoms with Crippen molar-refractivity contribution in [2.24, 2.45) is 5.92 Å². The normalized spacial score (nSPS) is 25.7. The second-order valence-electron chi connectivity index (χ2n) is 6.19. The van der Waals surface area contributed by atoms with E-state index < -0.39 is 5.97 Å². The maximum Gasteiger partial charge on any atom is 0.308 e. The quantitative estimate of drug-likeness (QED) is 0.837. The van der Waals surface area contributed by atoms with E-state index in [1.54, 1.807) is 6.33 Å². The molecule has 5 nitrogen and oxygen atoms in total. The molecule has 114 valence electrons. The molecular formula is C16H23N3O2. The summed E-state index contributed by atoms with van der Waals surface area (Å²) >= 11 is 0. The lowest BCUT2D eigenvalue weighted by Crippen LogP contribution is -2.37. The predicted molar refractivity (Wildman–Crippen MR) is 80.3 cm³/mol. The van der Waals surface area contributed by atoms with Gasteiger partial charge in [0.1, 0.15) is 12.1 Å². The summed E-state index contributed by atoms with van der Waals surface area (Å²) in [5.74, 6) is -0.109. The number of nitrogens with zero attached hydrogens (tertiary/aromatic N) is 2. The number of nitrogens with one attached hydrogen (secondary N) is 1. The van der Waals surface area contributed by atoms with Gasteiger partial charge in [-0.1, -0.05) is 19.3 Å². The first kappa shape index (κ1) is 14.3. The van der Waals surface area contributed by atoms with Gasteiger partial charge in [-0.2, -0.15) is 0 Å². The topological polar surface area (TPSA) is 75.1 Å². The van der Waals surface area contributed by atoms with E-state index in [9.17, 15) is 9.90 Å². The SMILES string of the molecule is O=C(O)C1CCCCC1Nc1ncnc2c1CCCCC2. The minimum absolute atomic E-state index is 0.00139. The Bertz CT molecular complexity index is 518.